The van der Waals surface area contributed by atoms with Crippen LogP contribution in [0.5, 0.6) is 0 Å². The van der Waals surface area contributed by atoms with Crippen molar-refractivity contribution < 1.29 is 23.1 Å². The molecule has 0 aromatic rings. The molecule has 0 heterocycles. The van der Waals surface area contributed by atoms with Gasteiger partial charge in [0.2, 0.25) is 5.78 Å². The third kappa shape index (κ3) is 2.72. The zero-order valence-corrected chi connectivity index (χ0v) is 17.9. The van der Waals surface area contributed by atoms with Crippen LogP contribution in [0.4, 0.5) is 8.78 Å². The standard InChI is InChI=1S/C24H30F2O3/c1-6-18(27)29-22-12(2)9-16-14-10-17(25)19-20(26)21(28)13(3)11-24(19,5)15(14)7-8-23(16,22)4/h7,11-12,14,16-17,22H,6,8-10H2,1-5H3/t12-,14+,16-,17-,22+,23-,24+/m0/s1. The lowest BCUT2D eigenvalue weighted by Gasteiger charge is -2.53. The Morgan fingerprint density at radius 1 is 1.31 bits per heavy atom. The minimum atomic E-state index is -1.48. The molecule has 0 unspecified atom stereocenters. The Labute approximate surface area is 171 Å². The van der Waals surface area contributed by atoms with Gasteiger partial charge >= 0.3 is 5.97 Å². The fraction of sp³-hybridized carbons (Fsp3) is 0.667. The van der Waals surface area contributed by atoms with Crippen molar-refractivity contribution in [2.75, 3.05) is 0 Å². The van der Waals surface area contributed by atoms with Crippen molar-refractivity contribution in [1.29, 1.82) is 0 Å². The minimum Gasteiger partial charge on any atom is -0.461 e. The molecule has 4 aliphatic carbocycles. The Morgan fingerprint density at radius 3 is 2.66 bits per heavy atom. The largest absolute Gasteiger partial charge is 0.461 e. The second-order valence-corrected chi connectivity index (χ2v) is 9.85. The van der Waals surface area contributed by atoms with Crippen molar-refractivity contribution in [2.24, 2.45) is 28.6 Å². The summed E-state index contributed by atoms with van der Waals surface area (Å²) in [5.74, 6) is -1.50. The average Bonchev–Trinajstić information content (AvgIpc) is 2.90. The van der Waals surface area contributed by atoms with Gasteiger partial charge in [-0.2, -0.15) is 0 Å². The van der Waals surface area contributed by atoms with E-state index in [0.29, 0.717) is 18.4 Å². The molecule has 0 bridgehead atoms. The Balaban J connectivity index is 1.78. The normalized spacial score (nSPS) is 43.8. The van der Waals surface area contributed by atoms with Gasteiger partial charge in [0.1, 0.15) is 12.3 Å². The number of fused-ring (bicyclic) bond motifs is 5. The lowest BCUT2D eigenvalue weighted by atomic mass is 9.52. The van der Waals surface area contributed by atoms with Crippen LogP contribution in [0.3, 0.4) is 0 Å². The van der Waals surface area contributed by atoms with Gasteiger partial charge in [0, 0.05) is 22.8 Å². The summed E-state index contributed by atoms with van der Waals surface area (Å²) in [5.41, 5.74) is 0.218. The van der Waals surface area contributed by atoms with Crippen LogP contribution in [0.2, 0.25) is 0 Å². The van der Waals surface area contributed by atoms with Crippen molar-refractivity contribution in [3.8, 4) is 0 Å². The van der Waals surface area contributed by atoms with Crippen LogP contribution < -0.4 is 0 Å². The predicted molar refractivity (Wildman–Crippen MR) is 106 cm³/mol. The third-order valence-electron chi connectivity index (χ3n) is 8.07. The van der Waals surface area contributed by atoms with E-state index < -0.39 is 23.2 Å². The van der Waals surface area contributed by atoms with Gasteiger partial charge in [0.25, 0.3) is 0 Å². The summed E-state index contributed by atoms with van der Waals surface area (Å²) in [5, 5.41) is 0. The summed E-state index contributed by atoms with van der Waals surface area (Å²) in [6.45, 7) is 9.49. The molecule has 0 radical (unpaired) electrons. The fourth-order valence-electron chi connectivity index (χ4n) is 6.75. The summed E-state index contributed by atoms with van der Waals surface area (Å²) in [6, 6.07) is 0. The number of hydrogen-bond donors (Lipinski definition) is 0. The van der Waals surface area contributed by atoms with Gasteiger partial charge in [-0.15, -0.1) is 0 Å². The number of carbonyl (C=O) groups excluding carboxylic acids is 2. The zero-order chi connectivity index (χ0) is 21.3. The quantitative estimate of drug-likeness (QED) is 0.456. The first-order valence-corrected chi connectivity index (χ1v) is 10.7. The Kier molecular flexibility index (Phi) is 4.67. The highest BCUT2D eigenvalue weighted by atomic mass is 19.1. The van der Waals surface area contributed by atoms with Gasteiger partial charge in [-0.25, -0.2) is 8.78 Å². The van der Waals surface area contributed by atoms with Crippen LogP contribution >= 0.6 is 0 Å². The van der Waals surface area contributed by atoms with E-state index in [9.17, 15) is 14.0 Å². The lowest BCUT2D eigenvalue weighted by Crippen LogP contribution is -2.49. The monoisotopic (exact) mass is 404 g/mol. The van der Waals surface area contributed by atoms with E-state index in [0.717, 1.165) is 12.0 Å². The number of ketones is 1. The number of esters is 1. The van der Waals surface area contributed by atoms with Crippen molar-refractivity contribution in [1.82, 2.24) is 0 Å². The highest BCUT2D eigenvalue weighted by Crippen LogP contribution is 2.64. The maximum absolute atomic E-state index is 15.3. The van der Waals surface area contributed by atoms with Crippen molar-refractivity contribution in [3.63, 3.8) is 0 Å². The summed E-state index contributed by atoms with van der Waals surface area (Å²) in [6.07, 6.45) is 4.28. The molecule has 3 nitrogen and oxygen atoms in total. The van der Waals surface area contributed by atoms with Crippen LogP contribution in [0.15, 0.2) is 34.7 Å². The molecular weight excluding hydrogens is 374 g/mol. The predicted octanol–water partition coefficient (Wildman–Crippen LogP) is 5.42. The number of allylic oxidation sites excluding steroid dienone is 6. The molecule has 5 heteroatoms. The van der Waals surface area contributed by atoms with Gasteiger partial charge in [0.05, 0.1) is 0 Å². The number of halogens is 2. The average molecular weight is 404 g/mol. The highest BCUT2D eigenvalue weighted by molar-refractivity contribution is 6.08. The first-order valence-electron chi connectivity index (χ1n) is 10.7. The second-order valence-electron chi connectivity index (χ2n) is 9.85. The van der Waals surface area contributed by atoms with E-state index >= 15 is 4.39 Å². The summed E-state index contributed by atoms with van der Waals surface area (Å²) >= 11 is 0. The molecule has 0 aromatic heterocycles. The van der Waals surface area contributed by atoms with Gasteiger partial charge < -0.3 is 4.74 Å². The van der Waals surface area contributed by atoms with E-state index in [-0.39, 0.29) is 47.2 Å². The van der Waals surface area contributed by atoms with Crippen molar-refractivity contribution >= 4 is 11.8 Å². The first-order chi connectivity index (χ1) is 13.5. The summed E-state index contributed by atoms with van der Waals surface area (Å²) in [7, 11) is 0. The lowest BCUT2D eigenvalue weighted by molar-refractivity contribution is -0.158. The fourth-order valence-corrected chi connectivity index (χ4v) is 6.75. The van der Waals surface area contributed by atoms with E-state index in [1.54, 1.807) is 19.9 Å². The van der Waals surface area contributed by atoms with Gasteiger partial charge in [-0.3, -0.25) is 9.59 Å². The van der Waals surface area contributed by atoms with Gasteiger partial charge in [-0.1, -0.05) is 38.5 Å². The van der Waals surface area contributed by atoms with Gasteiger partial charge in [-0.05, 0) is 56.4 Å². The van der Waals surface area contributed by atoms with Crippen LogP contribution in [0.1, 0.15) is 60.3 Å². The maximum Gasteiger partial charge on any atom is 0.305 e. The minimum absolute atomic E-state index is 0.000732. The molecule has 4 rings (SSSR count). The molecule has 2 fully saturated rings. The number of hydrogen-bond acceptors (Lipinski definition) is 3. The smallest absolute Gasteiger partial charge is 0.305 e. The van der Waals surface area contributed by atoms with Crippen LogP contribution in [0, 0.1) is 28.6 Å². The number of rotatable bonds is 2. The molecule has 4 aliphatic rings. The van der Waals surface area contributed by atoms with Crippen LogP contribution in [-0.2, 0) is 14.3 Å². The molecular formula is C24H30F2O3. The number of ether oxygens (including phenoxy) is 1. The Morgan fingerprint density at radius 2 is 2.00 bits per heavy atom. The second kappa shape index (κ2) is 6.61. The highest BCUT2D eigenvalue weighted by Gasteiger charge is 2.61. The Bertz CT molecular complexity index is 869. The number of alkyl halides is 1. The molecule has 0 saturated heterocycles. The van der Waals surface area contributed by atoms with Gasteiger partial charge in [0.15, 0.2) is 5.83 Å². The Hall–Kier alpha value is -1.78. The third-order valence-corrected chi connectivity index (χ3v) is 8.07. The maximum atomic E-state index is 15.3. The first kappa shape index (κ1) is 20.5. The van der Waals surface area contributed by atoms with E-state index in [4.69, 9.17) is 4.74 Å². The number of Topliss-reactive ketones (excluding diaryl/α,β-unsaturated/α-hetero) is 1. The molecule has 2 saturated carbocycles. The van der Waals surface area contributed by atoms with E-state index in [1.807, 2.05) is 6.92 Å². The molecule has 7 atom stereocenters. The van der Waals surface area contributed by atoms with Crippen LogP contribution in [-0.4, -0.2) is 24.0 Å². The van der Waals surface area contributed by atoms with Crippen molar-refractivity contribution in [2.45, 2.75) is 72.6 Å². The zero-order valence-electron chi connectivity index (χ0n) is 17.9. The van der Waals surface area contributed by atoms with E-state index in [1.165, 1.54) is 0 Å². The molecule has 0 aliphatic heterocycles. The van der Waals surface area contributed by atoms with Crippen LogP contribution in [0.25, 0.3) is 0 Å². The summed E-state index contributed by atoms with van der Waals surface area (Å²) < 4.78 is 36.0. The number of carbonyl (C=O) groups is 2. The molecule has 0 aromatic carbocycles. The molecule has 29 heavy (non-hydrogen) atoms. The van der Waals surface area contributed by atoms with Crippen molar-refractivity contribution in [3.05, 3.63) is 34.7 Å². The molecule has 0 N–H and O–H groups in total. The molecule has 0 amide bonds. The topological polar surface area (TPSA) is 43.4 Å². The van der Waals surface area contributed by atoms with E-state index in [2.05, 4.69) is 19.9 Å². The molecule has 158 valence electrons. The molecule has 0 spiro atoms. The SMILES string of the molecule is CCC(=O)O[C@@H]1[C@@H](C)C[C@H]2[C@@H]3C[C@H](F)C4=C(F)C(=O)C(C)=C[C@]4(C)C3=CC[C@]12C. The summed E-state index contributed by atoms with van der Waals surface area (Å²) in [4.78, 5) is 24.2.